The molecule has 3 nitrogen and oxygen atoms in total. The van der Waals surface area contributed by atoms with Gasteiger partial charge in [-0.2, -0.15) is 5.10 Å². The van der Waals surface area contributed by atoms with Crippen molar-refractivity contribution in [2.75, 3.05) is 6.54 Å². The van der Waals surface area contributed by atoms with Gasteiger partial charge in [-0.15, -0.1) is 0 Å². The van der Waals surface area contributed by atoms with Gasteiger partial charge in [-0.3, -0.25) is 4.68 Å². The Bertz CT molecular complexity index is 429. The number of nitrogens with zero attached hydrogens (tertiary/aromatic N) is 2. The third-order valence-electron chi connectivity index (χ3n) is 5.55. The Kier molecular flexibility index (Phi) is 3.78. The van der Waals surface area contributed by atoms with Crippen LogP contribution in [-0.4, -0.2) is 16.3 Å². The number of nitrogens with one attached hydrogen (secondary N) is 1. The van der Waals surface area contributed by atoms with Crippen LogP contribution in [0.4, 0.5) is 0 Å². The smallest absolute Gasteiger partial charge is 0.0625 e. The van der Waals surface area contributed by atoms with Crippen molar-refractivity contribution in [3.63, 3.8) is 0 Å². The first-order valence-electron chi connectivity index (χ1n) is 7.60. The Balaban J connectivity index is 1.89. The highest BCUT2D eigenvalue weighted by Crippen LogP contribution is 2.67. The first-order valence-corrected chi connectivity index (χ1v) is 7.60. The average Bonchev–Trinajstić information content (AvgIpc) is 2.70. The molecule has 1 N–H and O–H groups in total. The van der Waals surface area contributed by atoms with E-state index in [-0.39, 0.29) is 0 Å². The standard InChI is InChI=1S/C16H29N3/c1-7-12-9-13(19(8-2)18-12)10-17-11-14-15(3,4)16(14,5)6/h9,14,17H,7-8,10-11H2,1-6H3. The van der Waals surface area contributed by atoms with Crippen LogP contribution in [0.2, 0.25) is 0 Å². The van der Waals surface area contributed by atoms with Gasteiger partial charge in [0.1, 0.15) is 0 Å². The lowest BCUT2D eigenvalue weighted by molar-refractivity contribution is 0.457. The molecule has 0 spiro atoms. The molecular formula is C16H29N3. The molecule has 1 heterocycles. The summed E-state index contributed by atoms with van der Waals surface area (Å²) in [5.41, 5.74) is 3.46. The van der Waals surface area contributed by atoms with Crippen LogP contribution in [0.25, 0.3) is 0 Å². The molecule has 3 heteroatoms. The minimum absolute atomic E-state index is 0.472. The Hall–Kier alpha value is -0.830. The minimum atomic E-state index is 0.472. The monoisotopic (exact) mass is 263 g/mol. The predicted molar refractivity (Wildman–Crippen MR) is 80.0 cm³/mol. The quantitative estimate of drug-likeness (QED) is 0.854. The Morgan fingerprint density at radius 1 is 1.21 bits per heavy atom. The molecule has 0 aliphatic heterocycles. The molecule has 0 unspecified atom stereocenters. The lowest BCUT2D eigenvalue weighted by Gasteiger charge is -2.07. The molecule has 0 bridgehead atoms. The lowest BCUT2D eigenvalue weighted by atomic mass is 10.0. The van der Waals surface area contributed by atoms with Gasteiger partial charge in [-0.05, 0) is 42.7 Å². The molecule has 2 rings (SSSR count). The maximum Gasteiger partial charge on any atom is 0.0625 e. The molecule has 1 aromatic rings. The van der Waals surface area contributed by atoms with E-state index in [2.05, 4.69) is 62.7 Å². The number of aryl methyl sites for hydroxylation is 2. The van der Waals surface area contributed by atoms with Crippen LogP contribution in [0.3, 0.4) is 0 Å². The van der Waals surface area contributed by atoms with Gasteiger partial charge in [-0.1, -0.05) is 34.6 Å². The second-order valence-corrected chi connectivity index (χ2v) is 6.92. The summed E-state index contributed by atoms with van der Waals surface area (Å²) in [6.07, 6.45) is 1.02. The van der Waals surface area contributed by atoms with E-state index in [4.69, 9.17) is 0 Å². The van der Waals surface area contributed by atoms with Crippen LogP contribution in [0, 0.1) is 16.7 Å². The summed E-state index contributed by atoms with van der Waals surface area (Å²) in [5.74, 6) is 0.781. The van der Waals surface area contributed by atoms with Crippen LogP contribution < -0.4 is 5.32 Å². The number of aromatic nitrogens is 2. The van der Waals surface area contributed by atoms with E-state index in [1.165, 1.54) is 11.4 Å². The molecule has 0 amide bonds. The second kappa shape index (κ2) is 4.93. The molecule has 1 aliphatic rings. The highest BCUT2D eigenvalue weighted by atomic mass is 15.3. The van der Waals surface area contributed by atoms with Crippen LogP contribution in [0.15, 0.2) is 6.07 Å². The molecule has 1 saturated carbocycles. The first kappa shape index (κ1) is 14.6. The summed E-state index contributed by atoms with van der Waals surface area (Å²) < 4.78 is 2.12. The molecular weight excluding hydrogens is 234 g/mol. The second-order valence-electron chi connectivity index (χ2n) is 6.92. The molecule has 0 atom stereocenters. The average molecular weight is 263 g/mol. The zero-order valence-electron chi connectivity index (χ0n) is 13.4. The van der Waals surface area contributed by atoms with E-state index < -0.39 is 0 Å². The van der Waals surface area contributed by atoms with E-state index in [1.807, 2.05) is 0 Å². The van der Waals surface area contributed by atoms with Crippen molar-refractivity contribution in [2.24, 2.45) is 16.7 Å². The van der Waals surface area contributed by atoms with Crippen LogP contribution >= 0.6 is 0 Å². The molecule has 19 heavy (non-hydrogen) atoms. The maximum atomic E-state index is 4.59. The van der Waals surface area contributed by atoms with Gasteiger partial charge in [0.05, 0.1) is 11.4 Å². The van der Waals surface area contributed by atoms with Crippen molar-refractivity contribution in [3.05, 3.63) is 17.5 Å². The number of hydrogen-bond acceptors (Lipinski definition) is 2. The largest absolute Gasteiger partial charge is 0.311 e. The van der Waals surface area contributed by atoms with Crippen molar-refractivity contribution in [1.29, 1.82) is 0 Å². The van der Waals surface area contributed by atoms with E-state index >= 15 is 0 Å². The Morgan fingerprint density at radius 2 is 1.84 bits per heavy atom. The van der Waals surface area contributed by atoms with E-state index in [1.54, 1.807) is 0 Å². The van der Waals surface area contributed by atoms with Gasteiger partial charge < -0.3 is 5.32 Å². The maximum absolute atomic E-state index is 4.59. The first-order chi connectivity index (χ1) is 8.84. The molecule has 0 saturated heterocycles. The van der Waals surface area contributed by atoms with E-state index in [0.717, 1.165) is 32.0 Å². The predicted octanol–water partition coefficient (Wildman–Crippen LogP) is 3.24. The van der Waals surface area contributed by atoms with E-state index in [0.29, 0.717) is 10.8 Å². The highest BCUT2D eigenvalue weighted by Gasteiger charge is 2.63. The SMILES string of the molecule is CCc1cc(CNCC2C(C)(C)C2(C)C)n(CC)n1. The topological polar surface area (TPSA) is 29.9 Å². The van der Waals surface area contributed by atoms with Gasteiger partial charge >= 0.3 is 0 Å². The van der Waals surface area contributed by atoms with Crippen LogP contribution in [0.1, 0.15) is 52.9 Å². The summed E-state index contributed by atoms with van der Waals surface area (Å²) in [7, 11) is 0. The normalized spacial score (nSPS) is 20.7. The molecule has 0 aromatic carbocycles. The zero-order chi connectivity index (χ0) is 14.3. The highest BCUT2D eigenvalue weighted by molar-refractivity contribution is 5.14. The molecule has 0 radical (unpaired) electrons. The molecule has 1 aliphatic carbocycles. The summed E-state index contributed by atoms with van der Waals surface area (Å²) in [4.78, 5) is 0. The van der Waals surface area contributed by atoms with Crippen molar-refractivity contribution in [1.82, 2.24) is 15.1 Å². The molecule has 1 fully saturated rings. The third-order valence-corrected chi connectivity index (χ3v) is 5.55. The van der Waals surface area contributed by atoms with Gasteiger partial charge in [0.2, 0.25) is 0 Å². The lowest BCUT2D eigenvalue weighted by Crippen LogP contribution is -2.20. The van der Waals surface area contributed by atoms with Crippen molar-refractivity contribution >= 4 is 0 Å². The minimum Gasteiger partial charge on any atom is -0.311 e. The fraction of sp³-hybridized carbons (Fsp3) is 0.812. The summed E-state index contributed by atoms with van der Waals surface area (Å²) in [5, 5.41) is 8.22. The summed E-state index contributed by atoms with van der Waals surface area (Å²) in [6.45, 7) is 16.8. The number of rotatable bonds is 6. The zero-order valence-corrected chi connectivity index (χ0v) is 13.4. The Labute approximate surface area is 117 Å². The summed E-state index contributed by atoms with van der Waals surface area (Å²) >= 11 is 0. The van der Waals surface area contributed by atoms with Crippen LogP contribution in [-0.2, 0) is 19.5 Å². The van der Waals surface area contributed by atoms with Gasteiger partial charge in [0.25, 0.3) is 0 Å². The van der Waals surface area contributed by atoms with Crippen molar-refractivity contribution < 1.29 is 0 Å². The fourth-order valence-electron chi connectivity index (χ4n) is 3.29. The third kappa shape index (κ3) is 2.45. The van der Waals surface area contributed by atoms with E-state index in [9.17, 15) is 0 Å². The van der Waals surface area contributed by atoms with Gasteiger partial charge in [0, 0.05) is 13.1 Å². The van der Waals surface area contributed by atoms with Gasteiger partial charge in [0.15, 0.2) is 0 Å². The summed E-state index contributed by atoms with van der Waals surface area (Å²) in [6, 6.07) is 2.24. The number of hydrogen-bond donors (Lipinski definition) is 1. The van der Waals surface area contributed by atoms with Crippen LogP contribution in [0.5, 0.6) is 0 Å². The Morgan fingerprint density at radius 3 is 2.32 bits per heavy atom. The van der Waals surface area contributed by atoms with Crippen molar-refractivity contribution in [3.8, 4) is 0 Å². The molecule has 1 aromatic heterocycles. The van der Waals surface area contributed by atoms with Crippen molar-refractivity contribution in [2.45, 2.75) is 61.1 Å². The molecule has 108 valence electrons. The van der Waals surface area contributed by atoms with Gasteiger partial charge in [-0.25, -0.2) is 0 Å². The fourth-order valence-corrected chi connectivity index (χ4v) is 3.29.